The summed E-state index contributed by atoms with van der Waals surface area (Å²) in [5.41, 5.74) is 3.27. The van der Waals surface area contributed by atoms with Gasteiger partial charge in [0.2, 0.25) is 5.91 Å². The Bertz CT molecular complexity index is 787. The molecule has 0 atom stereocenters. The van der Waals surface area contributed by atoms with Crippen molar-refractivity contribution in [2.24, 2.45) is 0 Å². The Kier molecular flexibility index (Phi) is 3.67. The highest BCUT2D eigenvalue weighted by molar-refractivity contribution is 5.95. The van der Waals surface area contributed by atoms with Crippen LogP contribution in [0.2, 0.25) is 0 Å². The fourth-order valence-corrected chi connectivity index (χ4v) is 2.61. The van der Waals surface area contributed by atoms with Crippen molar-refractivity contribution < 1.29 is 4.79 Å². The molecule has 1 aromatic rings. The fourth-order valence-electron chi connectivity index (χ4n) is 2.61. The zero-order valence-electron chi connectivity index (χ0n) is 13.6. The molecule has 23 heavy (non-hydrogen) atoms. The zero-order valence-corrected chi connectivity index (χ0v) is 13.6. The number of hydrogen-bond acceptors (Lipinski definition) is 3. The molecule has 116 valence electrons. The van der Waals surface area contributed by atoms with Gasteiger partial charge >= 0.3 is 0 Å². The summed E-state index contributed by atoms with van der Waals surface area (Å²) in [4.78, 5) is 16.3. The van der Waals surface area contributed by atoms with Gasteiger partial charge in [-0.3, -0.25) is 4.79 Å². The minimum Gasteiger partial charge on any atom is -0.273 e. The molecule has 1 aromatic heterocycles. The number of pyridine rings is 1. The molecule has 2 aliphatic carbocycles. The minimum atomic E-state index is -0.208. The molecule has 0 saturated carbocycles. The molecular weight excluding hydrogens is 286 g/mol. The van der Waals surface area contributed by atoms with Crippen LogP contribution >= 0.6 is 0 Å². The van der Waals surface area contributed by atoms with Gasteiger partial charge in [-0.25, -0.2) is 15.0 Å². The summed E-state index contributed by atoms with van der Waals surface area (Å²) in [6.45, 7) is 4.03. The molecule has 0 N–H and O–H groups in total. The molecule has 1 saturated heterocycles. The van der Waals surface area contributed by atoms with Crippen LogP contribution in [0, 0.1) is 12.3 Å². The zero-order chi connectivity index (χ0) is 16.6. The highest BCUT2D eigenvalue weighted by atomic mass is 16.2. The maximum Gasteiger partial charge on any atom is 0.244 e. The van der Waals surface area contributed by atoms with Crippen LogP contribution in [-0.2, 0) is 4.79 Å². The predicted molar refractivity (Wildman–Crippen MR) is 91.6 cm³/mol. The molecule has 4 heteroatoms. The van der Waals surface area contributed by atoms with Crippen LogP contribution in [0.4, 0.5) is 5.82 Å². The third-order valence-corrected chi connectivity index (χ3v) is 4.25. The number of anilines is 1. The Labute approximate surface area is 136 Å². The highest BCUT2D eigenvalue weighted by Crippen LogP contribution is 2.33. The number of aromatic nitrogens is 1. The summed E-state index contributed by atoms with van der Waals surface area (Å²) in [6.07, 6.45) is 7.53. The molecule has 2 heterocycles. The third-order valence-electron chi connectivity index (χ3n) is 4.25. The monoisotopic (exact) mass is 305 g/mol. The molecule has 3 aliphatic rings. The number of benzene rings is 1. The lowest BCUT2D eigenvalue weighted by molar-refractivity contribution is -0.118. The normalized spacial score (nSPS) is 17.3. The molecular formula is C19H19N3O. The lowest BCUT2D eigenvalue weighted by Gasteiger charge is -2.32. The van der Waals surface area contributed by atoms with Crippen molar-refractivity contribution in [2.75, 3.05) is 12.1 Å². The van der Waals surface area contributed by atoms with Gasteiger partial charge in [0.1, 0.15) is 0 Å². The van der Waals surface area contributed by atoms with Crippen molar-refractivity contribution in [3.05, 3.63) is 48.2 Å². The number of hydrogen-bond donors (Lipinski definition) is 0. The number of hydrazine groups is 1. The first-order valence-corrected chi connectivity index (χ1v) is 7.53. The first-order chi connectivity index (χ1) is 10.9. The number of nitrogens with zero attached hydrogens (tertiary/aromatic N) is 3. The van der Waals surface area contributed by atoms with Crippen LogP contribution in [0.1, 0.15) is 25.8 Å². The number of carbonyl (C=O) groups excluding carboxylic acids is 1. The maximum absolute atomic E-state index is 12.0. The number of amides is 1. The van der Waals surface area contributed by atoms with E-state index in [9.17, 15) is 4.79 Å². The Balaban J connectivity index is 0.000000213. The SMILES string of the molecule is C#Cc1cccnc1N1C(=O)CC(C)(C)N1C.c1cc2cc-2c1. The summed E-state index contributed by atoms with van der Waals surface area (Å²) >= 11 is 0. The Morgan fingerprint density at radius 3 is 2.35 bits per heavy atom. The van der Waals surface area contributed by atoms with E-state index >= 15 is 0 Å². The van der Waals surface area contributed by atoms with Crippen LogP contribution in [-0.4, -0.2) is 28.5 Å². The van der Waals surface area contributed by atoms with Crippen molar-refractivity contribution in [3.8, 4) is 23.5 Å². The van der Waals surface area contributed by atoms with E-state index in [0.717, 1.165) is 0 Å². The number of carbonyl (C=O) groups is 1. The van der Waals surface area contributed by atoms with E-state index in [0.29, 0.717) is 17.8 Å². The van der Waals surface area contributed by atoms with Crippen molar-refractivity contribution >= 4 is 11.7 Å². The topological polar surface area (TPSA) is 36.4 Å². The van der Waals surface area contributed by atoms with E-state index in [2.05, 4.69) is 35.2 Å². The van der Waals surface area contributed by atoms with E-state index < -0.39 is 0 Å². The Hall–Kier alpha value is -2.64. The predicted octanol–water partition coefficient (Wildman–Crippen LogP) is 3.09. The summed E-state index contributed by atoms with van der Waals surface area (Å²) < 4.78 is 0. The maximum atomic E-state index is 12.0. The minimum absolute atomic E-state index is 0.0210. The van der Waals surface area contributed by atoms with E-state index in [1.54, 1.807) is 23.3 Å². The molecule has 0 bridgehead atoms. The second kappa shape index (κ2) is 5.53. The van der Waals surface area contributed by atoms with Gasteiger partial charge in [0.25, 0.3) is 0 Å². The summed E-state index contributed by atoms with van der Waals surface area (Å²) in [5.74, 6) is 3.11. The van der Waals surface area contributed by atoms with E-state index in [4.69, 9.17) is 6.42 Å². The Morgan fingerprint density at radius 2 is 1.91 bits per heavy atom. The molecule has 0 unspecified atom stereocenters. The lowest BCUT2D eigenvalue weighted by Crippen LogP contribution is -2.45. The van der Waals surface area contributed by atoms with Crippen LogP contribution in [0.15, 0.2) is 42.6 Å². The van der Waals surface area contributed by atoms with Gasteiger partial charge in [-0.05, 0) is 43.2 Å². The van der Waals surface area contributed by atoms with Crippen molar-refractivity contribution in [3.63, 3.8) is 0 Å². The highest BCUT2D eigenvalue weighted by Gasteiger charge is 2.43. The average Bonchev–Trinajstić information content (AvgIpc) is 3.06. The summed E-state index contributed by atoms with van der Waals surface area (Å²) in [6, 6.07) is 12.0. The van der Waals surface area contributed by atoms with E-state index in [1.807, 2.05) is 25.9 Å². The van der Waals surface area contributed by atoms with Crippen LogP contribution in [0.3, 0.4) is 0 Å². The first-order valence-electron chi connectivity index (χ1n) is 7.53. The third kappa shape index (κ3) is 2.84. The number of rotatable bonds is 1. The van der Waals surface area contributed by atoms with Crippen LogP contribution < -0.4 is 5.01 Å². The van der Waals surface area contributed by atoms with Gasteiger partial charge in [-0.1, -0.05) is 24.1 Å². The van der Waals surface area contributed by atoms with Gasteiger partial charge in [0.15, 0.2) is 5.82 Å². The Morgan fingerprint density at radius 1 is 1.22 bits per heavy atom. The summed E-state index contributed by atoms with van der Waals surface area (Å²) in [5, 5.41) is 3.45. The van der Waals surface area contributed by atoms with Crippen molar-refractivity contribution in [1.29, 1.82) is 0 Å². The van der Waals surface area contributed by atoms with Crippen LogP contribution in [0.5, 0.6) is 0 Å². The van der Waals surface area contributed by atoms with Gasteiger partial charge in [-0.2, -0.15) is 0 Å². The molecule has 1 amide bonds. The molecule has 1 aliphatic heterocycles. The largest absolute Gasteiger partial charge is 0.273 e. The molecule has 0 spiro atoms. The second-order valence-corrected chi connectivity index (χ2v) is 6.32. The molecule has 0 radical (unpaired) electrons. The van der Waals surface area contributed by atoms with Gasteiger partial charge in [-0.15, -0.1) is 6.42 Å². The quantitative estimate of drug-likeness (QED) is 0.648. The van der Waals surface area contributed by atoms with Gasteiger partial charge in [0.05, 0.1) is 5.56 Å². The second-order valence-electron chi connectivity index (χ2n) is 6.32. The standard InChI is InChI=1S/C13H15N3O.C6H4/c1-5-10-7-6-8-14-12(10)16-11(17)9-13(2,3)15(16)4;1-2-5-4-6(5)3-1/h1,6-8H,9H2,2-4H3;1-4H. The smallest absolute Gasteiger partial charge is 0.244 e. The average molecular weight is 305 g/mol. The van der Waals surface area contributed by atoms with E-state index in [1.165, 1.54) is 11.1 Å². The van der Waals surface area contributed by atoms with Gasteiger partial charge < -0.3 is 0 Å². The molecule has 4 rings (SSSR count). The summed E-state index contributed by atoms with van der Waals surface area (Å²) in [7, 11) is 1.87. The van der Waals surface area contributed by atoms with Crippen LogP contribution in [0.25, 0.3) is 11.1 Å². The van der Waals surface area contributed by atoms with Crippen molar-refractivity contribution in [2.45, 2.75) is 25.8 Å². The fraction of sp³-hybridized carbons (Fsp3) is 0.263. The van der Waals surface area contributed by atoms with E-state index in [-0.39, 0.29) is 11.4 Å². The number of terminal acetylenes is 1. The molecule has 0 aromatic carbocycles. The molecule has 4 nitrogen and oxygen atoms in total. The lowest BCUT2D eigenvalue weighted by atomic mass is 10.0. The first kappa shape index (κ1) is 15.3. The van der Waals surface area contributed by atoms with Crippen molar-refractivity contribution in [1.82, 2.24) is 9.99 Å². The van der Waals surface area contributed by atoms with Gasteiger partial charge in [0, 0.05) is 25.2 Å². The molecule has 1 fully saturated rings. The number of fused-ring (bicyclic) bond motifs is 1.